The maximum Gasteiger partial charge on any atom is 0.201 e. The van der Waals surface area contributed by atoms with Crippen LogP contribution >= 0.6 is 0 Å². The van der Waals surface area contributed by atoms with E-state index in [1.54, 1.807) is 24.3 Å². The molecule has 0 heterocycles. The number of aromatic hydroxyl groups is 1. The van der Waals surface area contributed by atoms with E-state index in [9.17, 15) is 14.7 Å². The second-order valence-corrected chi connectivity index (χ2v) is 6.25. The summed E-state index contributed by atoms with van der Waals surface area (Å²) in [6.45, 7) is 2.02. The first kappa shape index (κ1) is 14.7. The average Bonchev–Trinajstić information content (AvgIpc) is 2.58. The Hall–Kier alpha value is -2.88. The molecule has 4 rings (SSSR count). The molecule has 4 nitrogen and oxygen atoms in total. The van der Waals surface area contributed by atoms with Crippen molar-refractivity contribution in [2.24, 2.45) is 0 Å². The first-order valence-corrected chi connectivity index (χ1v) is 7.85. The number of carbonyl (C=O) groups is 2. The van der Waals surface area contributed by atoms with Gasteiger partial charge in [-0.3, -0.25) is 9.59 Å². The summed E-state index contributed by atoms with van der Waals surface area (Å²) in [5, 5.41) is 10.7. The molecule has 0 aromatic heterocycles. The minimum atomic E-state index is -0.358. The second-order valence-electron chi connectivity index (χ2n) is 6.25. The normalized spacial score (nSPS) is 15.3. The smallest absolute Gasteiger partial charge is 0.201 e. The van der Waals surface area contributed by atoms with Crippen LogP contribution in [0.15, 0.2) is 29.8 Å². The fourth-order valence-electron chi connectivity index (χ4n) is 3.58. The van der Waals surface area contributed by atoms with E-state index in [0.717, 1.165) is 17.5 Å². The number of allylic oxidation sites excluding steroid dienone is 1. The minimum absolute atomic E-state index is 0.0684. The van der Waals surface area contributed by atoms with Crippen LogP contribution in [-0.4, -0.2) is 23.8 Å². The van der Waals surface area contributed by atoms with Crippen LogP contribution in [0, 0.1) is 0 Å². The van der Waals surface area contributed by atoms with Gasteiger partial charge in [0.1, 0.15) is 11.5 Å². The summed E-state index contributed by atoms with van der Waals surface area (Å²) >= 11 is 0. The van der Waals surface area contributed by atoms with Crippen LogP contribution in [0.25, 0.3) is 6.08 Å². The molecular formula is C20H16O4. The largest absolute Gasteiger partial charge is 0.507 e. The van der Waals surface area contributed by atoms with Crippen molar-refractivity contribution in [2.75, 3.05) is 7.11 Å². The van der Waals surface area contributed by atoms with Crippen molar-refractivity contribution in [3.8, 4) is 11.5 Å². The fourth-order valence-corrected chi connectivity index (χ4v) is 3.58. The number of carbonyl (C=O) groups excluding carboxylic acids is 2. The molecule has 0 spiro atoms. The maximum atomic E-state index is 13.0. The molecule has 0 unspecified atom stereocenters. The summed E-state index contributed by atoms with van der Waals surface area (Å²) in [7, 11) is 1.46. The molecule has 4 heteroatoms. The lowest BCUT2D eigenvalue weighted by molar-refractivity contribution is 0.0974. The van der Waals surface area contributed by atoms with E-state index in [0.29, 0.717) is 17.7 Å². The molecule has 0 amide bonds. The summed E-state index contributed by atoms with van der Waals surface area (Å²) in [5.74, 6) is -0.331. The number of rotatable bonds is 1. The van der Waals surface area contributed by atoms with Gasteiger partial charge in [0.15, 0.2) is 5.78 Å². The van der Waals surface area contributed by atoms with E-state index in [-0.39, 0.29) is 34.0 Å². The summed E-state index contributed by atoms with van der Waals surface area (Å²) in [5.41, 5.74) is 3.67. The van der Waals surface area contributed by atoms with Gasteiger partial charge >= 0.3 is 0 Å². The summed E-state index contributed by atoms with van der Waals surface area (Å²) in [6, 6.07) is 6.70. The van der Waals surface area contributed by atoms with E-state index in [4.69, 9.17) is 4.74 Å². The van der Waals surface area contributed by atoms with Crippen molar-refractivity contribution in [1.29, 1.82) is 0 Å². The number of fused-ring (bicyclic) bond motifs is 3. The average molecular weight is 320 g/mol. The molecule has 0 saturated carbocycles. The van der Waals surface area contributed by atoms with Gasteiger partial charge in [-0.2, -0.15) is 0 Å². The molecule has 2 aromatic carbocycles. The van der Waals surface area contributed by atoms with Crippen LogP contribution in [0.1, 0.15) is 56.3 Å². The number of methoxy groups -OCH3 is 1. The number of hydrogen-bond acceptors (Lipinski definition) is 4. The monoisotopic (exact) mass is 320 g/mol. The number of benzene rings is 2. The lowest BCUT2D eigenvalue weighted by Crippen LogP contribution is -2.23. The number of phenolic OH excluding ortho intramolecular Hbond substituents is 1. The minimum Gasteiger partial charge on any atom is -0.507 e. The van der Waals surface area contributed by atoms with Gasteiger partial charge in [-0.05, 0) is 37.5 Å². The molecule has 2 aliphatic rings. The molecule has 0 atom stereocenters. The molecule has 24 heavy (non-hydrogen) atoms. The summed E-state index contributed by atoms with van der Waals surface area (Å²) in [6.07, 6.45) is 3.47. The van der Waals surface area contributed by atoms with Crippen molar-refractivity contribution in [3.63, 3.8) is 0 Å². The van der Waals surface area contributed by atoms with Crippen molar-refractivity contribution in [3.05, 3.63) is 63.2 Å². The van der Waals surface area contributed by atoms with Gasteiger partial charge in [0.25, 0.3) is 0 Å². The topological polar surface area (TPSA) is 63.6 Å². The molecule has 120 valence electrons. The molecule has 0 bridgehead atoms. The Bertz CT molecular complexity index is 951. The van der Waals surface area contributed by atoms with Gasteiger partial charge in [0.05, 0.1) is 18.2 Å². The number of ketones is 2. The zero-order valence-corrected chi connectivity index (χ0v) is 13.5. The predicted molar refractivity (Wildman–Crippen MR) is 89.9 cm³/mol. The van der Waals surface area contributed by atoms with Crippen molar-refractivity contribution >= 4 is 17.6 Å². The number of phenols is 1. The van der Waals surface area contributed by atoms with Crippen LogP contribution in [0.4, 0.5) is 0 Å². The molecular weight excluding hydrogens is 304 g/mol. The Morgan fingerprint density at radius 2 is 1.83 bits per heavy atom. The molecule has 2 aliphatic carbocycles. The van der Waals surface area contributed by atoms with Gasteiger partial charge in [-0.25, -0.2) is 0 Å². The first-order chi connectivity index (χ1) is 11.5. The van der Waals surface area contributed by atoms with Crippen LogP contribution < -0.4 is 4.74 Å². The highest BCUT2D eigenvalue weighted by atomic mass is 16.5. The molecule has 1 N–H and O–H groups in total. The highest BCUT2D eigenvalue weighted by Gasteiger charge is 2.36. The first-order valence-electron chi connectivity index (χ1n) is 7.85. The Labute approximate surface area is 139 Å². The van der Waals surface area contributed by atoms with Crippen molar-refractivity contribution in [1.82, 2.24) is 0 Å². The van der Waals surface area contributed by atoms with E-state index in [1.165, 1.54) is 12.7 Å². The third-order valence-electron chi connectivity index (χ3n) is 4.80. The van der Waals surface area contributed by atoms with Crippen molar-refractivity contribution < 1.29 is 19.4 Å². The van der Waals surface area contributed by atoms with Gasteiger partial charge in [-0.1, -0.05) is 23.8 Å². The molecule has 0 fully saturated rings. The number of hydrogen-bond donors (Lipinski definition) is 1. The molecule has 2 aromatic rings. The Balaban J connectivity index is 2.03. The van der Waals surface area contributed by atoms with Crippen LogP contribution in [0.5, 0.6) is 11.5 Å². The fraction of sp³-hybridized carbons (Fsp3) is 0.200. The van der Waals surface area contributed by atoms with Crippen LogP contribution in [-0.2, 0) is 6.42 Å². The summed E-state index contributed by atoms with van der Waals surface area (Å²) in [4.78, 5) is 25.9. The van der Waals surface area contributed by atoms with Crippen LogP contribution in [0.3, 0.4) is 0 Å². The van der Waals surface area contributed by atoms with Gasteiger partial charge < -0.3 is 9.84 Å². The highest BCUT2D eigenvalue weighted by molar-refractivity contribution is 6.30. The quantitative estimate of drug-likeness (QED) is 0.745. The van der Waals surface area contributed by atoms with E-state index in [2.05, 4.69) is 0 Å². The Kier molecular flexibility index (Phi) is 3.10. The zero-order valence-electron chi connectivity index (χ0n) is 13.5. The molecule has 0 saturated heterocycles. The third kappa shape index (κ3) is 1.86. The second kappa shape index (κ2) is 5.06. The lowest BCUT2D eigenvalue weighted by Gasteiger charge is -2.24. The Morgan fingerprint density at radius 1 is 1.04 bits per heavy atom. The van der Waals surface area contributed by atoms with E-state index >= 15 is 0 Å². The molecule has 0 aliphatic heterocycles. The number of ether oxygens (including phenoxy) is 1. The van der Waals surface area contributed by atoms with E-state index < -0.39 is 0 Å². The van der Waals surface area contributed by atoms with Gasteiger partial charge in [0, 0.05) is 16.7 Å². The standard InChI is InChI=1S/C20H16O4/c1-10-6-7-12-11(8-10)9-14-17(19(12)22)20(23)16-13(18(14)21)4-3-5-15(16)24-2/h3-5,8-9,22H,6-7H2,1-2H3. The predicted octanol–water partition coefficient (Wildman–Crippen LogP) is 3.53. The van der Waals surface area contributed by atoms with Gasteiger partial charge in [0.2, 0.25) is 5.78 Å². The molecule has 0 radical (unpaired) electrons. The van der Waals surface area contributed by atoms with E-state index in [1.807, 2.05) is 13.0 Å². The maximum absolute atomic E-state index is 13.0. The summed E-state index contributed by atoms with van der Waals surface area (Å²) < 4.78 is 5.25. The zero-order chi connectivity index (χ0) is 17.0. The van der Waals surface area contributed by atoms with Crippen molar-refractivity contribution in [2.45, 2.75) is 19.8 Å². The highest BCUT2D eigenvalue weighted by Crippen LogP contribution is 2.41. The Morgan fingerprint density at radius 3 is 2.58 bits per heavy atom. The lowest BCUT2D eigenvalue weighted by atomic mass is 9.79. The third-order valence-corrected chi connectivity index (χ3v) is 4.80. The van der Waals surface area contributed by atoms with Gasteiger partial charge in [-0.15, -0.1) is 0 Å². The SMILES string of the molecule is COc1cccc2c1C(=O)c1c(cc3c(c1O)CCC(C)=C3)C2=O. The van der Waals surface area contributed by atoms with Crippen LogP contribution in [0.2, 0.25) is 0 Å².